The molecule has 1 aromatic heterocycles. The minimum Gasteiger partial charge on any atom is -0.374 e. The Bertz CT molecular complexity index is 762. The molecule has 0 bridgehead atoms. The highest BCUT2D eigenvalue weighted by Crippen LogP contribution is 2.32. The van der Waals surface area contributed by atoms with E-state index in [0.29, 0.717) is 11.4 Å². The van der Waals surface area contributed by atoms with Gasteiger partial charge in [0.1, 0.15) is 0 Å². The second kappa shape index (κ2) is 6.73. The summed E-state index contributed by atoms with van der Waals surface area (Å²) < 4.78 is 0. The molecule has 1 saturated heterocycles. The van der Waals surface area contributed by atoms with Gasteiger partial charge in [-0.1, -0.05) is 12.1 Å². The molecule has 3 rings (SSSR count). The minimum absolute atomic E-state index is 0.0725. The largest absolute Gasteiger partial charge is 0.374 e. The number of fused-ring (bicyclic) bond motifs is 1. The highest BCUT2D eigenvalue weighted by molar-refractivity contribution is 5.97. The number of aryl methyl sites for hydroxylation is 1. The summed E-state index contributed by atoms with van der Waals surface area (Å²) in [6.07, 6.45) is 2.47. The van der Waals surface area contributed by atoms with Crippen molar-refractivity contribution in [1.29, 1.82) is 0 Å². The van der Waals surface area contributed by atoms with Crippen molar-refractivity contribution in [3.63, 3.8) is 0 Å². The van der Waals surface area contributed by atoms with Gasteiger partial charge >= 0.3 is 0 Å². The number of piperidine rings is 1. The molecule has 2 aromatic rings. The molecule has 0 amide bonds. The molecular formula is C18H24N4O2. The van der Waals surface area contributed by atoms with Gasteiger partial charge in [-0.25, -0.2) is 4.98 Å². The predicted molar refractivity (Wildman–Crippen MR) is 96.6 cm³/mol. The number of nitro groups is 1. The van der Waals surface area contributed by atoms with Gasteiger partial charge in [-0.05, 0) is 45.3 Å². The summed E-state index contributed by atoms with van der Waals surface area (Å²) in [6, 6.07) is 7.21. The van der Waals surface area contributed by atoms with Crippen LogP contribution in [0.25, 0.3) is 10.9 Å². The van der Waals surface area contributed by atoms with E-state index in [2.05, 4.69) is 28.9 Å². The number of likely N-dealkylation sites (tertiary alicyclic amines) is 1. The zero-order valence-corrected chi connectivity index (χ0v) is 14.5. The second-order valence-corrected chi connectivity index (χ2v) is 6.86. The fourth-order valence-corrected chi connectivity index (χ4v) is 3.71. The molecule has 0 radical (unpaired) electrons. The zero-order chi connectivity index (χ0) is 17.3. The van der Waals surface area contributed by atoms with Crippen LogP contribution in [0.3, 0.4) is 0 Å². The summed E-state index contributed by atoms with van der Waals surface area (Å²) in [7, 11) is 4.24. The smallest absolute Gasteiger partial charge is 0.295 e. The average Bonchev–Trinajstić information content (AvgIpc) is 2.53. The predicted octanol–water partition coefficient (Wildman–Crippen LogP) is 3.23. The van der Waals surface area contributed by atoms with E-state index in [1.54, 1.807) is 6.07 Å². The normalized spacial score (nSPS) is 18.7. The molecule has 6 nitrogen and oxygen atoms in total. The number of hydrogen-bond donors (Lipinski definition) is 0. The first-order chi connectivity index (χ1) is 11.5. The maximum Gasteiger partial charge on any atom is 0.295 e. The number of nitro benzene ring substituents is 1. The summed E-state index contributed by atoms with van der Waals surface area (Å²) in [6.45, 7) is 5.11. The molecule has 6 heteroatoms. The molecule has 24 heavy (non-hydrogen) atoms. The summed E-state index contributed by atoms with van der Waals surface area (Å²) in [5.41, 5.74) is 2.38. The van der Waals surface area contributed by atoms with Crippen molar-refractivity contribution in [2.45, 2.75) is 19.8 Å². The van der Waals surface area contributed by atoms with E-state index in [1.807, 2.05) is 19.1 Å². The number of non-ortho nitro benzene ring substituents is 1. The SMILES string of the molecule is Cc1cc(N(C)CC2CCCN(C)C2)c2cccc([N+](=O)[O-])c2n1. The number of pyridine rings is 1. The summed E-state index contributed by atoms with van der Waals surface area (Å²) in [5, 5.41) is 12.2. The van der Waals surface area contributed by atoms with Gasteiger partial charge in [0.05, 0.1) is 4.92 Å². The minimum atomic E-state index is -0.353. The standard InChI is InChI=1S/C18H24N4O2/c1-13-10-17(21(3)12-14-6-5-9-20(2)11-14)15-7-4-8-16(22(23)24)18(15)19-13/h4,7-8,10,14H,5-6,9,11-12H2,1-3H3. The molecule has 128 valence electrons. The summed E-state index contributed by atoms with van der Waals surface area (Å²) in [4.78, 5) is 20.0. The quantitative estimate of drug-likeness (QED) is 0.637. The molecule has 2 heterocycles. The van der Waals surface area contributed by atoms with Gasteiger partial charge in [0.2, 0.25) is 0 Å². The highest BCUT2D eigenvalue weighted by atomic mass is 16.6. The van der Waals surface area contributed by atoms with Crippen LogP contribution >= 0.6 is 0 Å². The molecule has 1 aromatic carbocycles. The van der Waals surface area contributed by atoms with E-state index >= 15 is 0 Å². The molecule has 1 unspecified atom stereocenters. The number of hydrogen-bond acceptors (Lipinski definition) is 5. The van der Waals surface area contributed by atoms with Crippen LogP contribution in [0.5, 0.6) is 0 Å². The van der Waals surface area contributed by atoms with Crippen LogP contribution in [-0.4, -0.2) is 48.5 Å². The van der Waals surface area contributed by atoms with E-state index in [9.17, 15) is 10.1 Å². The van der Waals surface area contributed by atoms with Gasteiger partial charge < -0.3 is 9.80 Å². The molecule has 1 aliphatic heterocycles. The Hall–Kier alpha value is -2.21. The number of rotatable bonds is 4. The number of benzene rings is 1. The highest BCUT2D eigenvalue weighted by Gasteiger charge is 2.21. The van der Waals surface area contributed by atoms with Crippen LogP contribution in [0, 0.1) is 23.0 Å². The first-order valence-electron chi connectivity index (χ1n) is 8.40. The van der Waals surface area contributed by atoms with Gasteiger partial charge in [0.15, 0.2) is 5.52 Å². The maximum atomic E-state index is 11.3. The summed E-state index contributed by atoms with van der Waals surface area (Å²) >= 11 is 0. The Morgan fingerprint density at radius 3 is 2.96 bits per heavy atom. The lowest BCUT2D eigenvalue weighted by molar-refractivity contribution is -0.383. The van der Waals surface area contributed by atoms with Crippen molar-refractivity contribution in [2.24, 2.45) is 5.92 Å². The van der Waals surface area contributed by atoms with Crippen molar-refractivity contribution in [3.8, 4) is 0 Å². The Labute approximate surface area is 142 Å². The molecule has 0 saturated carbocycles. The van der Waals surface area contributed by atoms with Gasteiger partial charge in [0, 0.05) is 43.0 Å². The Balaban J connectivity index is 1.96. The van der Waals surface area contributed by atoms with Crippen LogP contribution in [0.2, 0.25) is 0 Å². The maximum absolute atomic E-state index is 11.3. The number of aromatic nitrogens is 1. The van der Waals surface area contributed by atoms with Crippen molar-refractivity contribution in [3.05, 3.63) is 40.1 Å². The van der Waals surface area contributed by atoms with Gasteiger partial charge in [-0.3, -0.25) is 10.1 Å². The third-order valence-corrected chi connectivity index (χ3v) is 4.79. The number of nitrogens with zero attached hydrogens (tertiary/aromatic N) is 4. The van der Waals surface area contributed by atoms with E-state index < -0.39 is 0 Å². The Kier molecular flexibility index (Phi) is 4.66. The van der Waals surface area contributed by atoms with Gasteiger partial charge in [-0.2, -0.15) is 0 Å². The van der Waals surface area contributed by atoms with Crippen molar-refractivity contribution in [2.75, 3.05) is 38.6 Å². The van der Waals surface area contributed by atoms with Crippen molar-refractivity contribution in [1.82, 2.24) is 9.88 Å². The molecule has 1 fully saturated rings. The lowest BCUT2D eigenvalue weighted by Crippen LogP contribution is -2.38. The van der Waals surface area contributed by atoms with Crippen molar-refractivity contribution < 1.29 is 4.92 Å². The fourth-order valence-electron chi connectivity index (χ4n) is 3.71. The lowest BCUT2D eigenvalue weighted by Gasteiger charge is -2.33. The van der Waals surface area contributed by atoms with Crippen LogP contribution in [0.4, 0.5) is 11.4 Å². The van der Waals surface area contributed by atoms with E-state index in [0.717, 1.165) is 29.9 Å². The number of para-hydroxylation sites is 1. The van der Waals surface area contributed by atoms with E-state index in [-0.39, 0.29) is 10.6 Å². The molecule has 1 aliphatic rings. The van der Waals surface area contributed by atoms with E-state index in [1.165, 1.54) is 25.5 Å². The molecule has 1 atom stereocenters. The second-order valence-electron chi connectivity index (χ2n) is 6.86. The lowest BCUT2D eigenvalue weighted by atomic mass is 9.97. The number of anilines is 1. The van der Waals surface area contributed by atoms with Gasteiger partial charge in [-0.15, -0.1) is 0 Å². The average molecular weight is 328 g/mol. The Morgan fingerprint density at radius 2 is 2.25 bits per heavy atom. The fraction of sp³-hybridized carbons (Fsp3) is 0.500. The molecular weight excluding hydrogens is 304 g/mol. The van der Waals surface area contributed by atoms with Gasteiger partial charge in [0.25, 0.3) is 5.69 Å². The van der Waals surface area contributed by atoms with Crippen molar-refractivity contribution >= 4 is 22.3 Å². The Morgan fingerprint density at radius 1 is 1.46 bits per heavy atom. The van der Waals surface area contributed by atoms with Crippen LogP contribution in [0.15, 0.2) is 24.3 Å². The summed E-state index contributed by atoms with van der Waals surface area (Å²) in [5.74, 6) is 0.621. The monoisotopic (exact) mass is 328 g/mol. The van der Waals surface area contributed by atoms with E-state index in [4.69, 9.17) is 0 Å². The van der Waals surface area contributed by atoms with Crippen LogP contribution in [-0.2, 0) is 0 Å². The zero-order valence-electron chi connectivity index (χ0n) is 14.5. The third-order valence-electron chi connectivity index (χ3n) is 4.79. The third kappa shape index (κ3) is 3.33. The molecule has 0 spiro atoms. The van der Waals surface area contributed by atoms with Crippen LogP contribution < -0.4 is 4.90 Å². The first kappa shape index (κ1) is 16.6. The molecule has 0 aliphatic carbocycles. The molecule has 0 N–H and O–H groups in total. The topological polar surface area (TPSA) is 62.5 Å². The first-order valence-corrected chi connectivity index (χ1v) is 8.40. The van der Waals surface area contributed by atoms with Crippen LogP contribution in [0.1, 0.15) is 18.5 Å².